The summed E-state index contributed by atoms with van der Waals surface area (Å²) >= 11 is 3.50. The smallest absolute Gasteiger partial charge is 0.0159 e. The van der Waals surface area contributed by atoms with E-state index in [4.69, 9.17) is 0 Å². The van der Waals surface area contributed by atoms with E-state index < -0.39 is 0 Å². The third kappa shape index (κ3) is 2.45. The van der Waals surface area contributed by atoms with Gasteiger partial charge in [0, 0.05) is 24.0 Å². The molecule has 11 heavy (non-hydrogen) atoms. The molecule has 0 spiro atoms. The summed E-state index contributed by atoms with van der Waals surface area (Å²) in [4.78, 5) is 2.61. The molecule has 0 aromatic carbocycles. The summed E-state index contributed by atoms with van der Waals surface area (Å²) in [6.07, 6.45) is 4.28. The Hall–Kier alpha value is 0.440. The summed E-state index contributed by atoms with van der Waals surface area (Å²) in [5.74, 6) is 0. The van der Waals surface area contributed by atoms with Gasteiger partial charge in [-0.05, 0) is 26.7 Å². The molecule has 0 saturated heterocycles. The van der Waals surface area contributed by atoms with Crippen molar-refractivity contribution in [2.75, 3.05) is 11.9 Å². The maximum Gasteiger partial charge on any atom is 0.0159 e. The molecule has 0 aliphatic heterocycles. The van der Waals surface area contributed by atoms with Crippen LogP contribution in [0.4, 0.5) is 0 Å². The van der Waals surface area contributed by atoms with Crippen LogP contribution in [0.5, 0.6) is 0 Å². The standard InChI is InChI=1S/C9H18BrN/c1-8(2)11(7-6-10)9-4-3-5-9/h8-9H,3-7H2,1-2H3. The number of nitrogens with zero attached hydrogens (tertiary/aromatic N) is 1. The summed E-state index contributed by atoms with van der Waals surface area (Å²) in [6, 6.07) is 1.62. The Balaban J connectivity index is 2.31. The van der Waals surface area contributed by atoms with Crippen LogP contribution < -0.4 is 0 Å². The maximum atomic E-state index is 3.50. The number of hydrogen-bond acceptors (Lipinski definition) is 1. The summed E-state index contributed by atoms with van der Waals surface area (Å²) in [6.45, 7) is 5.80. The fraction of sp³-hybridized carbons (Fsp3) is 1.00. The van der Waals surface area contributed by atoms with Crippen LogP contribution in [0, 0.1) is 0 Å². The lowest BCUT2D eigenvalue weighted by Gasteiger charge is -2.40. The second-order valence-corrected chi connectivity index (χ2v) is 4.40. The molecule has 1 aliphatic carbocycles. The average molecular weight is 220 g/mol. The van der Waals surface area contributed by atoms with Gasteiger partial charge in [-0.2, -0.15) is 0 Å². The molecule has 1 fully saturated rings. The normalized spacial score (nSPS) is 19.4. The first-order valence-corrected chi connectivity index (χ1v) is 5.69. The number of alkyl halides is 1. The fourth-order valence-electron chi connectivity index (χ4n) is 1.68. The number of rotatable bonds is 4. The lowest BCUT2D eigenvalue weighted by Crippen LogP contribution is -2.45. The molecule has 0 N–H and O–H groups in total. The van der Waals surface area contributed by atoms with E-state index in [1.165, 1.54) is 25.8 Å². The molecular formula is C9H18BrN. The van der Waals surface area contributed by atoms with E-state index >= 15 is 0 Å². The largest absolute Gasteiger partial charge is 0.297 e. The Kier molecular flexibility index (Phi) is 3.86. The highest BCUT2D eigenvalue weighted by Crippen LogP contribution is 2.26. The van der Waals surface area contributed by atoms with Crippen molar-refractivity contribution in [1.82, 2.24) is 4.90 Å². The van der Waals surface area contributed by atoms with E-state index in [0.717, 1.165) is 17.4 Å². The van der Waals surface area contributed by atoms with Gasteiger partial charge in [0.2, 0.25) is 0 Å². The highest BCUT2D eigenvalue weighted by Gasteiger charge is 2.25. The van der Waals surface area contributed by atoms with Crippen molar-refractivity contribution < 1.29 is 0 Å². The Morgan fingerprint density at radius 1 is 1.45 bits per heavy atom. The van der Waals surface area contributed by atoms with Gasteiger partial charge in [-0.25, -0.2) is 0 Å². The molecule has 0 atom stereocenters. The van der Waals surface area contributed by atoms with Crippen molar-refractivity contribution >= 4 is 15.9 Å². The van der Waals surface area contributed by atoms with Gasteiger partial charge >= 0.3 is 0 Å². The minimum Gasteiger partial charge on any atom is -0.297 e. The lowest BCUT2D eigenvalue weighted by atomic mass is 9.90. The van der Waals surface area contributed by atoms with Crippen molar-refractivity contribution in [2.45, 2.75) is 45.2 Å². The zero-order chi connectivity index (χ0) is 8.27. The van der Waals surface area contributed by atoms with Gasteiger partial charge in [0.1, 0.15) is 0 Å². The zero-order valence-corrected chi connectivity index (χ0v) is 9.10. The van der Waals surface area contributed by atoms with Crippen LogP contribution in [0.15, 0.2) is 0 Å². The molecular weight excluding hydrogens is 202 g/mol. The highest BCUT2D eigenvalue weighted by molar-refractivity contribution is 9.09. The van der Waals surface area contributed by atoms with Crippen LogP contribution >= 0.6 is 15.9 Å². The monoisotopic (exact) mass is 219 g/mol. The van der Waals surface area contributed by atoms with Gasteiger partial charge in [0.05, 0.1) is 0 Å². The predicted molar refractivity (Wildman–Crippen MR) is 53.3 cm³/mol. The third-order valence-electron chi connectivity index (χ3n) is 2.55. The van der Waals surface area contributed by atoms with E-state index in [1.807, 2.05) is 0 Å². The fourth-order valence-corrected chi connectivity index (χ4v) is 2.09. The number of halogens is 1. The molecule has 1 aliphatic rings. The lowest BCUT2D eigenvalue weighted by molar-refractivity contribution is 0.103. The Labute approximate surface area is 78.3 Å². The number of hydrogen-bond donors (Lipinski definition) is 0. The maximum absolute atomic E-state index is 3.50. The second-order valence-electron chi connectivity index (χ2n) is 3.61. The SMILES string of the molecule is CC(C)N(CCBr)C1CCC1. The summed E-state index contributed by atoms with van der Waals surface area (Å²) in [5.41, 5.74) is 0. The molecule has 0 heterocycles. The van der Waals surface area contributed by atoms with Crippen LogP contribution in [-0.4, -0.2) is 28.9 Å². The molecule has 0 bridgehead atoms. The Morgan fingerprint density at radius 3 is 2.36 bits per heavy atom. The quantitative estimate of drug-likeness (QED) is 0.658. The van der Waals surface area contributed by atoms with Gasteiger partial charge in [-0.1, -0.05) is 22.4 Å². The molecule has 2 heteroatoms. The van der Waals surface area contributed by atoms with Gasteiger partial charge < -0.3 is 0 Å². The van der Waals surface area contributed by atoms with E-state index in [9.17, 15) is 0 Å². The average Bonchev–Trinajstić information content (AvgIpc) is 1.82. The predicted octanol–water partition coefficient (Wildman–Crippen LogP) is 2.64. The van der Waals surface area contributed by atoms with E-state index in [1.54, 1.807) is 0 Å². The van der Waals surface area contributed by atoms with Crippen molar-refractivity contribution in [2.24, 2.45) is 0 Å². The van der Waals surface area contributed by atoms with E-state index in [-0.39, 0.29) is 0 Å². The highest BCUT2D eigenvalue weighted by atomic mass is 79.9. The van der Waals surface area contributed by atoms with Crippen molar-refractivity contribution in [3.8, 4) is 0 Å². The molecule has 1 saturated carbocycles. The first kappa shape index (κ1) is 9.53. The Bertz CT molecular complexity index is 110. The second kappa shape index (κ2) is 4.46. The molecule has 0 radical (unpaired) electrons. The van der Waals surface area contributed by atoms with Crippen LogP contribution in [0.25, 0.3) is 0 Å². The van der Waals surface area contributed by atoms with E-state index in [2.05, 4.69) is 34.7 Å². The third-order valence-corrected chi connectivity index (χ3v) is 2.90. The van der Waals surface area contributed by atoms with Crippen LogP contribution in [0.1, 0.15) is 33.1 Å². The van der Waals surface area contributed by atoms with Gasteiger partial charge in [-0.3, -0.25) is 4.90 Å². The van der Waals surface area contributed by atoms with Crippen molar-refractivity contribution in [3.63, 3.8) is 0 Å². The Morgan fingerprint density at radius 2 is 2.09 bits per heavy atom. The topological polar surface area (TPSA) is 3.24 Å². The summed E-state index contributed by atoms with van der Waals surface area (Å²) < 4.78 is 0. The van der Waals surface area contributed by atoms with Gasteiger partial charge in [0.25, 0.3) is 0 Å². The van der Waals surface area contributed by atoms with Crippen molar-refractivity contribution in [3.05, 3.63) is 0 Å². The van der Waals surface area contributed by atoms with Crippen LogP contribution in [0.3, 0.4) is 0 Å². The van der Waals surface area contributed by atoms with Gasteiger partial charge in [0.15, 0.2) is 0 Å². The molecule has 0 amide bonds. The first-order valence-electron chi connectivity index (χ1n) is 4.57. The van der Waals surface area contributed by atoms with Crippen LogP contribution in [0.2, 0.25) is 0 Å². The molecule has 66 valence electrons. The van der Waals surface area contributed by atoms with E-state index in [0.29, 0.717) is 0 Å². The summed E-state index contributed by atoms with van der Waals surface area (Å²) in [5, 5.41) is 1.11. The first-order chi connectivity index (χ1) is 5.25. The van der Waals surface area contributed by atoms with Crippen molar-refractivity contribution in [1.29, 1.82) is 0 Å². The minimum atomic E-state index is 0.720. The molecule has 1 nitrogen and oxygen atoms in total. The minimum absolute atomic E-state index is 0.720. The van der Waals surface area contributed by atoms with Crippen LogP contribution in [-0.2, 0) is 0 Å². The summed E-state index contributed by atoms with van der Waals surface area (Å²) in [7, 11) is 0. The van der Waals surface area contributed by atoms with Gasteiger partial charge in [-0.15, -0.1) is 0 Å². The molecule has 0 aromatic rings. The zero-order valence-electron chi connectivity index (χ0n) is 7.52. The molecule has 1 rings (SSSR count). The molecule has 0 aromatic heterocycles. The molecule has 0 unspecified atom stereocenters.